The Kier molecular flexibility index (Phi) is 3.91. The zero-order chi connectivity index (χ0) is 14.7. The van der Waals surface area contributed by atoms with E-state index in [-0.39, 0.29) is 10.6 Å². The highest BCUT2D eigenvalue weighted by atomic mass is 32.1. The maximum Gasteiger partial charge on any atom is 0.269 e. The van der Waals surface area contributed by atoms with Gasteiger partial charge in [0.15, 0.2) is 5.82 Å². The molecule has 20 heavy (non-hydrogen) atoms. The van der Waals surface area contributed by atoms with Gasteiger partial charge in [-0.2, -0.15) is 5.26 Å². The molecule has 4 N–H and O–H groups in total. The van der Waals surface area contributed by atoms with Crippen LogP contribution in [-0.4, -0.2) is 17.6 Å². The molecule has 0 radical (unpaired) electrons. The number of nitrogens with one attached hydrogen (secondary N) is 2. The summed E-state index contributed by atoms with van der Waals surface area (Å²) in [5.74, 6) is 0.482. The number of aryl methyl sites for hydroxylation is 1. The van der Waals surface area contributed by atoms with Crippen molar-refractivity contribution in [3.63, 3.8) is 0 Å². The Morgan fingerprint density at radius 2 is 2.40 bits per heavy atom. The molecular formula is C12H13N5O2S. The van der Waals surface area contributed by atoms with Gasteiger partial charge in [-0.15, -0.1) is 11.3 Å². The molecule has 7 nitrogen and oxygen atoms in total. The van der Waals surface area contributed by atoms with Crippen molar-refractivity contribution >= 4 is 33.8 Å². The minimum absolute atomic E-state index is 0.172. The van der Waals surface area contributed by atoms with E-state index in [2.05, 4.69) is 15.8 Å². The number of nitriles is 1. The van der Waals surface area contributed by atoms with Gasteiger partial charge in [0.2, 0.25) is 0 Å². The molecule has 0 fully saturated rings. The van der Waals surface area contributed by atoms with E-state index in [4.69, 9.17) is 15.5 Å². The Balaban J connectivity index is 2.28. The summed E-state index contributed by atoms with van der Waals surface area (Å²) in [4.78, 5) is 12.4. The first-order valence-corrected chi connectivity index (χ1v) is 6.69. The van der Waals surface area contributed by atoms with Crippen molar-refractivity contribution in [3.8, 4) is 6.07 Å². The van der Waals surface area contributed by atoms with Gasteiger partial charge in [-0.05, 0) is 13.8 Å². The zero-order valence-electron chi connectivity index (χ0n) is 11.0. The molecule has 104 valence electrons. The summed E-state index contributed by atoms with van der Waals surface area (Å²) in [6, 6.07) is 3.60. The zero-order valence-corrected chi connectivity index (χ0v) is 11.8. The van der Waals surface area contributed by atoms with Gasteiger partial charge in [-0.25, -0.2) is 0 Å². The number of anilines is 3. The van der Waals surface area contributed by atoms with Gasteiger partial charge >= 0.3 is 0 Å². The van der Waals surface area contributed by atoms with Gasteiger partial charge < -0.3 is 20.9 Å². The van der Waals surface area contributed by atoms with Crippen LogP contribution in [0.1, 0.15) is 27.9 Å². The van der Waals surface area contributed by atoms with Crippen molar-refractivity contribution in [1.82, 2.24) is 5.16 Å². The SMILES string of the molecule is CCNc1sc(C(=O)Nc2cc(C)on2)c(N)c1C#N. The van der Waals surface area contributed by atoms with E-state index >= 15 is 0 Å². The minimum Gasteiger partial charge on any atom is -0.396 e. The number of rotatable bonds is 4. The quantitative estimate of drug-likeness (QED) is 0.794. The molecule has 2 aromatic heterocycles. The highest BCUT2D eigenvalue weighted by Crippen LogP contribution is 2.35. The van der Waals surface area contributed by atoms with Gasteiger partial charge in [-0.3, -0.25) is 4.79 Å². The van der Waals surface area contributed by atoms with Crippen LogP contribution in [0.15, 0.2) is 10.6 Å². The fourth-order valence-corrected chi connectivity index (χ4v) is 2.64. The van der Waals surface area contributed by atoms with E-state index in [1.54, 1.807) is 13.0 Å². The van der Waals surface area contributed by atoms with Gasteiger partial charge in [0.25, 0.3) is 5.91 Å². The van der Waals surface area contributed by atoms with Crippen LogP contribution in [0.4, 0.5) is 16.5 Å². The standard InChI is InChI=1S/C12H13N5O2S/c1-3-15-12-7(5-13)9(14)10(20-12)11(18)16-8-4-6(2)19-17-8/h4,15H,3,14H2,1-2H3,(H,16,17,18). The van der Waals surface area contributed by atoms with Crippen molar-refractivity contribution in [3.05, 3.63) is 22.3 Å². The molecule has 2 rings (SSSR count). The molecule has 0 unspecified atom stereocenters. The lowest BCUT2D eigenvalue weighted by Gasteiger charge is -1.99. The Bertz CT molecular complexity index is 683. The topological polar surface area (TPSA) is 117 Å². The predicted octanol–water partition coefficient (Wildman–Crippen LogP) is 2.18. The molecule has 0 aromatic carbocycles. The summed E-state index contributed by atoms with van der Waals surface area (Å²) < 4.78 is 4.86. The van der Waals surface area contributed by atoms with E-state index in [0.717, 1.165) is 11.3 Å². The van der Waals surface area contributed by atoms with E-state index in [0.29, 0.717) is 28.7 Å². The number of aromatic nitrogens is 1. The maximum atomic E-state index is 12.1. The third-order valence-electron chi connectivity index (χ3n) is 2.47. The van der Waals surface area contributed by atoms with E-state index < -0.39 is 5.91 Å². The van der Waals surface area contributed by atoms with Crippen LogP contribution >= 0.6 is 11.3 Å². The third-order valence-corrected chi connectivity index (χ3v) is 3.63. The summed E-state index contributed by atoms with van der Waals surface area (Å²) in [5.41, 5.74) is 6.31. The molecule has 2 aromatic rings. The maximum absolute atomic E-state index is 12.1. The summed E-state index contributed by atoms with van der Waals surface area (Å²) in [5, 5.41) is 18.9. The number of amides is 1. The van der Waals surface area contributed by atoms with Crippen molar-refractivity contribution < 1.29 is 9.32 Å². The predicted molar refractivity (Wildman–Crippen MR) is 76.8 cm³/mol. The van der Waals surface area contributed by atoms with Crippen LogP contribution in [0, 0.1) is 18.3 Å². The largest absolute Gasteiger partial charge is 0.396 e. The van der Waals surface area contributed by atoms with Gasteiger partial charge in [0, 0.05) is 12.6 Å². The molecule has 0 aliphatic rings. The monoisotopic (exact) mass is 291 g/mol. The molecule has 8 heteroatoms. The lowest BCUT2D eigenvalue weighted by molar-refractivity contribution is 0.103. The molecule has 0 saturated heterocycles. The Morgan fingerprint density at radius 1 is 1.65 bits per heavy atom. The molecule has 0 atom stereocenters. The second-order valence-corrected chi connectivity index (χ2v) is 4.99. The number of hydrogen-bond acceptors (Lipinski definition) is 7. The number of carbonyl (C=O) groups is 1. The molecule has 0 spiro atoms. The first-order valence-electron chi connectivity index (χ1n) is 5.87. The minimum atomic E-state index is -0.415. The van der Waals surface area contributed by atoms with Crippen molar-refractivity contribution in [2.45, 2.75) is 13.8 Å². The van der Waals surface area contributed by atoms with E-state index in [1.807, 2.05) is 13.0 Å². The second-order valence-electron chi connectivity index (χ2n) is 3.97. The Hall–Kier alpha value is -2.53. The summed E-state index contributed by atoms with van der Waals surface area (Å²) in [6.45, 7) is 4.26. The number of nitrogens with two attached hydrogens (primary N) is 1. The van der Waals surface area contributed by atoms with Crippen molar-refractivity contribution in [2.24, 2.45) is 0 Å². The average Bonchev–Trinajstić information content (AvgIpc) is 2.94. The molecule has 0 saturated carbocycles. The number of nitrogens with zero attached hydrogens (tertiary/aromatic N) is 2. The van der Waals surface area contributed by atoms with E-state index in [9.17, 15) is 4.79 Å². The van der Waals surface area contributed by atoms with Gasteiger partial charge in [0.05, 0.1) is 5.69 Å². The number of carbonyl (C=O) groups excluding carboxylic acids is 1. The Labute approximate surface area is 119 Å². The number of thiophene rings is 1. The molecule has 1 amide bonds. The lowest BCUT2D eigenvalue weighted by atomic mass is 10.2. The third kappa shape index (κ3) is 2.57. The van der Waals surface area contributed by atoms with Crippen LogP contribution in [0.3, 0.4) is 0 Å². The normalized spacial score (nSPS) is 10.1. The van der Waals surface area contributed by atoms with Crippen LogP contribution in [0.25, 0.3) is 0 Å². The van der Waals surface area contributed by atoms with Crippen molar-refractivity contribution in [2.75, 3.05) is 22.9 Å². The smallest absolute Gasteiger partial charge is 0.269 e. The average molecular weight is 291 g/mol. The lowest BCUT2D eigenvalue weighted by Crippen LogP contribution is -2.12. The molecule has 0 bridgehead atoms. The van der Waals surface area contributed by atoms with E-state index in [1.165, 1.54) is 0 Å². The molecule has 2 heterocycles. The first kappa shape index (κ1) is 13.9. The fraction of sp³-hybridized carbons (Fsp3) is 0.250. The summed E-state index contributed by atoms with van der Waals surface area (Å²) in [6.07, 6.45) is 0. The fourth-order valence-electron chi connectivity index (χ4n) is 1.61. The van der Waals surface area contributed by atoms with Crippen LogP contribution in [-0.2, 0) is 0 Å². The number of hydrogen-bond donors (Lipinski definition) is 3. The molecule has 0 aliphatic carbocycles. The number of nitrogen functional groups attached to an aromatic ring is 1. The van der Waals surface area contributed by atoms with Crippen LogP contribution < -0.4 is 16.4 Å². The molecular weight excluding hydrogens is 278 g/mol. The van der Waals surface area contributed by atoms with Crippen molar-refractivity contribution in [1.29, 1.82) is 5.26 Å². The van der Waals surface area contributed by atoms with Crippen LogP contribution in [0.2, 0.25) is 0 Å². The highest BCUT2D eigenvalue weighted by molar-refractivity contribution is 7.19. The summed E-state index contributed by atoms with van der Waals surface area (Å²) >= 11 is 1.14. The van der Waals surface area contributed by atoms with Gasteiger partial charge in [-0.1, -0.05) is 5.16 Å². The molecule has 0 aliphatic heterocycles. The second kappa shape index (κ2) is 5.63. The summed E-state index contributed by atoms with van der Waals surface area (Å²) in [7, 11) is 0. The highest BCUT2D eigenvalue weighted by Gasteiger charge is 2.21. The van der Waals surface area contributed by atoms with Crippen LogP contribution in [0.5, 0.6) is 0 Å². The van der Waals surface area contributed by atoms with Gasteiger partial charge in [0.1, 0.15) is 27.3 Å². The first-order chi connectivity index (χ1) is 9.56. The Morgan fingerprint density at radius 3 is 2.95 bits per heavy atom.